The maximum atomic E-state index is 12.2. The fraction of sp³-hybridized carbons (Fsp3) is 0.357. The van der Waals surface area contributed by atoms with E-state index in [4.69, 9.17) is 0 Å². The van der Waals surface area contributed by atoms with E-state index in [1.54, 1.807) is 0 Å². The highest BCUT2D eigenvalue weighted by molar-refractivity contribution is 6.00. The van der Waals surface area contributed by atoms with Crippen molar-refractivity contribution < 1.29 is 4.79 Å². The zero-order valence-corrected chi connectivity index (χ0v) is 9.28. The maximum absolute atomic E-state index is 12.2. The lowest BCUT2D eigenvalue weighted by atomic mass is 10.1. The van der Waals surface area contributed by atoms with E-state index in [0.29, 0.717) is 0 Å². The van der Waals surface area contributed by atoms with Crippen molar-refractivity contribution in [1.29, 1.82) is 0 Å². The zero-order chi connectivity index (χ0) is 11.0. The molecule has 0 radical (unpaired) electrons. The maximum Gasteiger partial charge on any atom is 0.250 e. The average molecular weight is 213 g/mol. The molecule has 1 aliphatic carbocycles. The van der Waals surface area contributed by atoms with E-state index in [1.165, 1.54) is 11.1 Å². The van der Waals surface area contributed by atoms with Gasteiger partial charge in [-0.15, -0.1) is 0 Å². The summed E-state index contributed by atoms with van der Waals surface area (Å²) in [6, 6.07) is 8.25. The van der Waals surface area contributed by atoms with Gasteiger partial charge in [0.1, 0.15) is 0 Å². The third-order valence-electron chi connectivity index (χ3n) is 3.43. The van der Waals surface area contributed by atoms with Crippen molar-refractivity contribution in [2.45, 2.75) is 19.3 Å². The van der Waals surface area contributed by atoms with E-state index in [2.05, 4.69) is 18.2 Å². The van der Waals surface area contributed by atoms with Crippen LogP contribution in [0.5, 0.6) is 0 Å². The first-order valence-corrected chi connectivity index (χ1v) is 5.92. The Hall–Kier alpha value is -1.57. The molecule has 2 aliphatic rings. The van der Waals surface area contributed by atoms with Gasteiger partial charge in [-0.3, -0.25) is 4.79 Å². The second-order valence-electron chi connectivity index (χ2n) is 4.54. The molecular weight excluding hydrogens is 198 g/mol. The molecule has 1 aromatic rings. The quantitative estimate of drug-likeness (QED) is 0.700. The van der Waals surface area contributed by atoms with Crippen molar-refractivity contribution in [3.05, 3.63) is 41.0 Å². The van der Waals surface area contributed by atoms with Crippen molar-refractivity contribution >= 4 is 12.0 Å². The SMILES string of the molecule is O=C(C1=Cc2ccccc2C1)N1CCCC1. The van der Waals surface area contributed by atoms with Gasteiger partial charge in [-0.25, -0.2) is 0 Å². The van der Waals surface area contributed by atoms with Crippen LogP contribution < -0.4 is 0 Å². The highest BCUT2D eigenvalue weighted by atomic mass is 16.2. The Morgan fingerprint density at radius 1 is 1.12 bits per heavy atom. The van der Waals surface area contributed by atoms with Gasteiger partial charge in [0.05, 0.1) is 0 Å². The minimum absolute atomic E-state index is 0.244. The summed E-state index contributed by atoms with van der Waals surface area (Å²) in [4.78, 5) is 14.2. The molecule has 0 spiro atoms. The van der Waals surface area contributed by atoms with E-state index in [1.807, 2.05) is 17.0 Å². The topological polar surface area (TPSA) is 20.3 Å². The van der Waals surface area contributed by atoms with Crippen LogP contribution in [-0.2, 0) is 11.2 Å². The van der Waals surface area contributed by atoms with Crippen LogP contribution in [0.3, 0.4) is 0 Å². The van der Waals surface area contributed by atoms with Crippen LogP contribution in [0.25, 0.3) is 6.08 Å². The Morgan fingerprint density at radius 2 is 1.88 bits per heavy atom. The largest absolute Gasteiger partial charge is 0.339 e. The van der Waals surface area contributed by atoms with Gasteiger partial charge in [-0.1, -0.05) is 24.3 Å². The Bertz CT molecular complexity index is 456. The molecule has 1 heterocycles. The van der Waals surface area contributed by atoms with Gasteiger partial charge in [-0.05, 0) is 30.0 Å². The lowest BCUT2D eigenvalue weighted by Crippen LogP contribution is -2.28. The second-order valence-corrected chi connectivity index (χ2v) is 4.54. The predicted molar refractivity (Wildman–Crippen MR) is 63.9 cm³/mol. The van der Waals surface area contributed by atoms with Gasteiger partial charge < -0.3 is 4.90 Å². The molecule has 0 unspecified atom stereocenters. The lowest BCUT2D eigenvalue weighted by Gasteiger charge is -2.15. The summed E-state index contributed by atoms with van der Waals surface area (Å²) in [5.41, 5.74) is 3.46. The Kier molecular flexibility index (Phi) is 2.28. The van der Waals surface area contributed by atoms with Gasteiger partial charge in [0, 0.05) is 25.1 Å². The molecule has 1 aromatic carbocycles. The van der Waals surface area contributed by atoms with E-state index in [-0.39, 0.29) is 5.91 Å². The molecule has 3 rings (SSSR count). The number of carbonyl (C=O) groups is 1. The standard InChI is InChI=1S/C14H15NO/c16-14(15-7-3-4-8-15)13-9-11-5-1-2-6-12(11)10-13/h1-2,5-6,9H,3-4,7-8,10H2. The van der Waals surface area contributed by atoms with E-state index >= 15 is 0 Å². The van der Waals surface area contributed by atoms with Gasteiger partial charge in [0.15, 0.2) is 0 Å². The summed E-state index contributed by atoms with van der Waals surface area (Å²) >= 11 is 0. The fourth-order valence-electron chi connectivity index (χ4n) is 2.54. The molecule has 0 atom stereocenters. The molecule has 0 saturated carbocycles. The van der Waals surface area contributed by atoms with Gasteiger partial charge in [-0.2, -0.15) is 0 Å². The van der Waals surface area contributed by atoms with Gasteiger partial charge in [0.25, 0.3) is 0 Å². The van der Waals surface area contributed by atoms with E-state index < -0.39 is 0 Å². The Morgan fingerprint density at radius 3 is 2.62 bits per heavy atom. The van der Waals surface area contributed by atoms with Crippen molar-refractivity contribution in [2.24, 2.45) is 0 Å². The van der Waals surface area contributed by atoms with E-state index in [9.17, 15) is 4.79 Å². The van der Waals surface area contributed by atoms with Crippen LogP contribution in [0.4, 0.5) is 0 Å². The third-order valence-corrected chi connectivity index (χ3v) is 3.43. The zero-order valence-electron chi connectivity index (χ0n) is 9.28. The van der Waals surface area contributed by atoms with E-state index in [0.717, 1.165) is 37.9 Å². The Labute approximate surface area is 95.6 Å². The number of rotatable bonds is 1. The van der Waals surface area contributed by atoms with Crippen LogP contribution in [0.1, 0.15) is 24.0 Å². The molecule has 2 nitrogen and oxygen atoms in total. The third kappa shape index (κ3) is 1.54. The molecule has 1 saturated heterocycles. The average Bonchev–Trinajstić information content (AvgIpc) is 2.97. The van der Waals surface area contributed by atoms with Gasteiger partial charge >= 0.3 is 0 Å². The number of amides is 1. The smallest absolute Gasteiger partial charge is 0.250 e. The first-order chi connectivity index (χ1) is 7.84. The van der Waals surface area contributed by atoms with Crippen LogP contribution >= 0.6 is 0 Å². The van der Waals surface area contributed by atoms with Crippen LogP contribution in [0.15, 0.2) is 29.8 Å². The summed E-state index contributed by atoms with van der Waals surface area (Å²) in [6.45, 7) is 1.87. The summed E-state index contributed by atoms with van der Waals surface area (Å²) in [5, 5.41) is 0. The highest BCUT2D eigenvalue weighted by Gasteiger charge is 2.24. The molecule has 1 aliphatic heterocycles. The first kappa shape index (κ1) is 9.64. The summed E-state index contributed by atoms with van der Waals surface area (Å²) in [6.07, 6.45) is 5.18. The molecule has 0 bridgehead atoms. The molecule has 1 fully saturated rings. The number of nitrogens with zero attached hydrogens (tertiary/aromatic N) is 1. The Balaban J connectivity index is 1.81. The molecule has 82 valence electrons. The number of likely N-dealkylation sites (tertiary alicyclic amines) is 1. The number of hydrogen-bond donors (Lipinski definition) is 0. The van der Waals surface area contributed by atoms with Crippen molar-refractivity contribution in [3.63, 3.8) is 0 Å². The number of fused-ring (bicyclic) bond motifs is 1. The van der Waals surface area contributed by atoms with Gasteiger partial charge in [0.2, 0.25) is 5.91 Å². The summed E-state index contributed by atoms with van der Waals surface area (Å²) in [7, 11) is 0. The normalized spacial score (nSPS) is 18.5. The van der Waals surface area contributed by atoms with Crippen LogP contribution in [-0.4, -0.2) is 23.9 Å². The highest BCUT2D eigenvalue weighted by Crippen LogP contribution is 2.26. The van der Waals surface area contributed by atoms with Crippen LogP contribution in [0.2, 0.25) is 0 Å². The molecular formula is C14H15NO. The first-order valence-electron chi connectivity index (χ1n) is 5.92. The lowest BCUT2D eigenvalue weighted by molar-refractivity contribution is -0.126. The summed E-state index contributed by atoms with van der Waals surface area (Å²) in [5.74, 6) is 0.244. The predicted octanol–water partition coefficient (Wildman–Crippen LogP) is 2.25. The molecule has 2 heteroatoms. The minimum atomic E-state index is 0.244. The molecule has 1 amide bonds. The van der Waals surface area contributed by atoms with Crippen molar-refractivity contribution in [1.82, 2.24) is 4.90 Å². The summed E-state index contributed by atoms with van der Waals surface area (Å²) < 4.78 is 0. The monoisotopic (exact) mass is 213 g/mol. The fourth-order valence-corrected chi connectivity index (χ4v) is 2.54. The number of carbonyl (C=O) groups excluding carboxylic acids is 1. The van der Waals surface area contributed by atoms with Crippen LogP contribution in [0, 0.1) is 0 Å². The van der Waals surface area contributed by atoms with Crippen molar-refractivity contribution in [2.75, 3.05) is 13.1 Å². The molecule has 0 aromatic heterocycles. The minimum Gasteiger partial charge on any atom is -0.339 e. The second kappa shape index (κ2) is 3.78. The van der Waals surface area contributed by atoms with Crippen molar-refractivity contribution in [3.8, 4) is 0 Å². The number of benzene rings is 1. The number of hydrogen-bond acceptors (Lipinski definition) is 1. The molecule has 16 heavy (non-hydrogen) atoms. The molecule has 0 N–H and O–H groups in total.